The monoisotopic (exact) mass is 287 g/mol. The molecule has 1 heterocycles. The molecule has 0 saturated heterocycles. The van der Waals surface area contributed by atoms with E-state index in [0.29, 0.717) is 12.0 Å². The number of hydrogen-bond acceptors (Lipinski definition) is 3. The van der Waals surface area contributed by atoms with Crippen LogP contribution in [-0.4, -0.2) is 23.2 Å². The summed E-state index contributed by atoms with van der Waals surface area (Å²) >= 11 is 0. The number of halogens is 1. The zero-order chi connectivity index (χ0) is 15.0. The van der Waals surface area contributed by atoms with E-state index in [1.54, 1.807) is 24.5 Å². The van der Waals surface area contributed by atoms with E-state index in [1.165, 1.54) is 0 Å². The van der Waals surface area contributed by atoms with Crippen LogP contribution >= 0.6 is 0 Å². The molecule has 0 spiro atoms. The van der Waals surface area contributed by atoms with E-state index in [4.69, 9.17) is 4.74 Å². The Morgan fingerprint density at radius 1 is 1.33 bits per heavy atom. The topological polar surface area (TPSA) is 39.2 Å². The van der Waals surface area contributed by atoms with Gasteiger partial charge in [0.05, 0.1) is 5.56 Å². The predicted molar refractivity (Wildman–Crippen MR) is 78.9 cm³/mol. The van der Waals surface area contributed by atoms with E-state index in [-0.39, 0.29) is 5.41 Å². The number of pyridine rings is 1. The van der Waals surface area contributed by atoms with Crippen molar-refractivity contribution >= 4 is 16.7 Å². The van der Waals surface area contributed by atoms with Crippen molar-refractivity contribution in [2.45, 2.75) is 39.0 Å². The van der Waals surface area contributed by atoms with Crippen molar-refractivity contribution in [1.82, 2.24) is 4.98 Å². The Bertz CT molecular complexity index is 683. The molecule has 0 radical (unpaired) electrons. The highest BCUT2D eigenvalue weighted by Crippen LogP contribution is 2.41. The lowest BCUT2D eigenvalue weighted by atomic mass is 9.89. The molecule has 4 heteroatoms. The Morgan fingerprint density at radius 2 is 2.14 bits per heavy atom. The van der Waals surface area contributed by atoms with E-state index in [2.05, 4.69) is 4.98 Å². The molecule has 0 aliphatic heterocycles. The zero-order valence-electron chi connectivity index (χ0n) is 12.2. The lowest BCUT2D eigenvalue weighted by Crippen LogP contribution is -2.34. The molecule has 1 aromatic heterocycles. The Balaban J connectivity index is 1.84. The maximum Gasteiger partial charge on any atom is 0.338 e. The number of carbonyl (C=O) groups excluding carboxylic acids is 1. The van der Waals surface area contributed by atoms with Crippen molar-refractivity contribution in [1.29, 1.82) is 0 Å². The molecule has 3 nitrogen and oxygen atoms in total. The fraction of sp³-hybridized carbons (Fsp3) is 0.412. The first kappa shape index (κ1) is 14.0. The average molecular weight is 287 g/mol. The van der Waals surface area contributed by atoms with E-state index in [9.17, 15) is 9.18 Å². The minimum Gasteiger partial charge on any atom is -0.455 e. The van der Waals surface area contributed by atoms with Crippen LogP contribution < -0.4 is 0 Å². The molecule has 1 saturated carbocycles. The Hall–Kier alpha value is -1.97. The smallest absolute Gasteiger partial charge is 0.338 e. The Morgan fingerprint density at radius 3 is 2.86 bits per heavy atom. The molecule has 2 atom stereocenters. The largest absolute Gasteiger partial charge is 0.455 e. The van der Waals surface area contributed by atoms with Crippen LogP contribution in [0.4, 0.5) is 4.39 Å². The number of rotatable bonds is 2. The summed E-state index contributed by atoms with van der Waals surface area (Å²) < 4.78 is 19.4. The van der Waals surface area contributed by atoms with Gasteiger partial charge in [0, 0.05) is 23.2 Å². The molecule has 1 aliphatic carbocycles. The van der Waals surface area contributed by atoms with Gasteiger partial charge in [0.15, 0.2) is 0 Å². The van der Waals surface area contributed by atoms with Crippen molar-refractivity contribution in [3.63, 3.8) is 0 Å². The molecule has 3 rings (SSSR count). The standard InChI is InChI=1S/C17H18FNO2/c1-17(2)7-5-14(18)15(17)21-16(20)12-3-4-13-10-19-8-6-11(13)9-12/h3-4,6,8-10,14-15H,5,7H2,1-2H3. The van der Waals surface area contributed by atoms with Crippen molar-refractivity contribution in [3.05, 3.63) is 42.2 Å². The third-order valence-corrected chi connectivity index (χ3v) is 4.27. The molecule has 2 unspecified atom stereocenters. The summed E-state index contributed by atoms with van der Waals surface area (Å²) in [5, 5.41) is 1.88. The van der Waals surface area contributed by atoms with Gasteiger partial charge in [0.2, 0.25) is 0 Å². The molecule has 1 fully saturated rings. The van der Waals surface area contributed by atoms with Gasteiger partial charge in [-0.05, 0) is 36.4 Å². The van der Waals surface area contributed by atoms with Crippen molar-refractivity contribution in [3.8, 4) is 0 Å². The number of hydrogen-bond donors (Lipinski definition) is 0. The maximum absolute atomic E-state index is 13.9. The quantitative estimate of drug-likeness (QED) is 0.786. The van der Waals surface area contributed by atoms with E-state index < -0.39 is 18.2 Å². The van der Waals surface area contributed by atoms with Gasteiger partial charge in [-0.3, -0.25) is 4.98 Å². The van der Waals surface area contributed by atoms with Gasteiger partial charge in [-0.25, -0.2) is 9.18 Å². The van der Waals surface area contributed by atoms with Crippen LogP contribution in [0.1, 0.15) is 37.0 Å². The first-order valence-corrected chi connectivity index (χ1v) is 7.16. The second-order valence-electron chi connectivity index (χ2n) is 6.31. The van der Waals surface area contributed by atoms with Crippen molar-refractivity contribution < 1.29 is 13.9 Å². The molecular weight excluding hydrogens is 269 g/mol. The van der Waals surface area contributed by atoms with Crippen LogP contribution in [0, 0.1) is 5.41 Å². The molecule has 2 aromatic rings. The number of ether oxygens (including phenoxy) is 1. The minimum absolute atomic E-state index is 0.310. The fourth-order valence-corrected chi connectivity index (χ4v) is 2.92. The van der Waals surface area contributed by atoms with Crippen LogP contribution in [0.2, 0.25) is 0 Å². The molecule has 1 aromatic carbocycles. The van der Waals surface area contributed by atoms with E-state index in [0.717, 1.165) is 17.2 Å². The summed E-state index contributed by atoms with van der Waals surface area (Å²) in [6, 6.07) is 7.12. The number of aromatic nitrogens is 1. The molecule has 0 N–H and O–H groups in total. The predicted octanol–water partition coefficient (Wildman–Crippen LogP) is 3.92. The van der Waals surface area contributed by atoms with Crippen LogP contribution in [0.3, 0.4) is 0 Å². The Kier molecular flexibility index (Phi) is 3.40. The van der Waals surface area contributed by atoms with Crippen molar-refractivity contribution in [2.24, 2.45) is 5.41 Å². The third-order valence-electron chi connectivity index (χ3n) is 4.27. The number of alkyl halides is 1. The summed E-state index contributed by atoms with van der Waals surface area (Å²) in [6.45, 7) is 3.88. The number of esters is 1. The highest BCUT2D eigenvalue weighted by molar-refractivity contribution is 5.95. The van der Waals surface area contributed by atoms with Crippen LogP contribution in [-0.2, 0) is 4.74 Å². The highest BCUT2D eigenvalue weighted by Gasteiger charge is 2.45. The SMILES string of the molecule is CC1(C)CCC(F)C1OC(=O)c1ccc2cnccc2c1. The van der Waals surface area contributed by atoms with Gasteiger partial charge >= 0.3 is 5.97 Å². The lowest BCUT2D eigenvalue weighted by molar-refractivity contribution is -0.0176. The van der Waals surface area contributed by atoms with Gasteiger partial charge in [0.25, 0.3) is 0 Å². The second-order valence-corrected chi connectivity index (χ2v) is 6.31. The summed E-state index contributed by atoms with van der Waals surface area (Å²) in [5.41, 5.74) is 0.138. The van der Waals surface area contributed by atoms with Gasteiger partial charge in [-0.2, -0.15) is 0 Å². The van der Waals surface area contributed by atoms with Crippen molar-refractivity contribution in [2.75, 3.05) is 0 Å². The lowest BCUT2D eigenvalue weighted by Gasteiger charge is -2.27. The fourth-order valence-electron chi connectivity index (χ4n) is 2.92. The normalized spacial score (nSPS) is 24.1. The summed E-state index contributed by atoms with van der Waals surface area (Å²) in [6.07, 6.45) is 2.85. The minimum atomic E-state index is -1.08. The summed E-state index contributed by atoms with van der Waals surface area (Å²) in [5.74, 6) is -0.462. The first-order valence-electron chi connectivity index (χ1n) is 7.16. The van der Waals surface area contributed by atoms with Gasteiger partial charge in [-0.15, -0.1) is 0 Å². The van der Waals surface area contributed by atoms with Gasteiger partial charge in [0.1, 0.15) is 12.3 Å². The molecule has 0 bridgehead atoms. The molecule has 1 aliphatic rings. The van der Waals surface area contributed by atoms with E-state index in [1.807, 2.05) is 26.0 Å². The van der Waals surface area contributed by atoms with Crippen LogP contribution in [0.25, 0.3) is 10.8 Å². The maximum atomic E-state index is 13.9. The third kappa shape index (κ3) is 2.62. The molecular formula is C17H18FNO2. The highest BCUT2D eigenvalue weighted by atomic mass is 19.1. The zero-order valence-corrected chi connectivity index (χ0v) is 12.2. The number of benzene rings is 1. The Labute approximate surface area is 123 Å². The average Bonchev–Trinajstić information content (AvgIpc) is 2.73. The number of carbonyl (C=O) groups is 1. The first-order chi connectivity index (χ1) is 9.97. The van der Waals surface area contributed by atoms with Crippen LogP contribution in [0.15, 0.2) is 36.7 Å². The molecule has 110 valence electrons. The van der Waals surface area contributed by atoms with Gasteiger partial charge in [-0.1, -0.05) is 19.9 Å². The second kappa shape index (κ2) is 5.10. The molecule has 0 amide bonds. The number of fused-ring (bicyclic) bond motifs is 1. The van der Waals surface area contributed by atoms with Crippen LogP contribution in [0.5, 0.6) is 0 Å². The summed E-state index contributed by atoms with van der Waals surface area (Å²) in [4.78, 5) is 16.3. The summed E-state index contributed by atoms with van der Waals surface area (Å²) in [7, 11) is 0. The van der Waals surface area contributed by atoms with Gasteiger partial charge < -0.3 is 4.74 Å². The number of nitrogens with zero attached hydrogens (tertiary/aromatic N) is 1. The molecule has 21 heavy (non-hydrogen) atoms. The van der Waals surface area contributed by atoms with E-state index >= 15 is 0 Å².